The van der Waals surface area contributed by atoms with Gasteiger partial charge in [0.1, 0.15) is 0 Å². The topological polar surface area (TPSA) is 67.4 Å². The second-order valence-electron chi connectivity index (χ2n) is 4.44. The van der Waals surface area contributed by atoms with E-state index in [1.54, 1.807) is 13.2 Å². The number of ether oxygens (including phenoxy) is 1. The molecule has 2 rings (SSSR count). The summed E-state index contributed by atoms with van der Waals surface area (Å²) in [6.07, 6.45) is -0.111. The summed E-state index contributed by atoms with van der Waals surface area (Å²) in [6.45, 7) is 5.00. The standard InChI is InChI=1S/C11H18N2O3S2/c1-7-4-11(8(2)17-7)18(14,15)13-9-5-12-6-10(9)16-3/h4,9-10,12-13H,5-6H2,1-3H3/t9?,10-/m0/s1. The van der Waals surface area contributed by atoms with Crippen molar-refractivity contribution in [3.8, 4) is 0 Å². The number of rotatable bonds is 4. The van der Waals surface area contributed by atoms with E-state index in [1.165, 1.54) is 11.3 Å². The summed E-state index contributed by atoms with van der Waals surface area (Å²) in [5, 5.41) is 3.12. The lowest BCUT2D eigenvalue weighted by Crippen LogP contribution is -2.43. The van der Waals surface area contributed by atoms with Crippen LogP contribution in [0.25, 0.3) is 0 Å². The van der Waals surface area contributed by atoms with E-state index in [2.05, 4.69) is 10.0 Å². The number of thiophene rings is 1. The minimum Gasteiger partial charge on any atom is -0.378 e. The second-order valence-corrected chi connectivity index (χ2v) is 7.58. The Morgan fingerprint density at radius 1 is 1.44 bits per heavy atom. The van der Waals surface area contributed by atoms with Crippen molar-refractivity contribution in [3.05, 3.63) is 15.8 Å². The van der Waals surface area contributed by atoms with Crippen LogP contribution in [0.4, 0.5) is 0 Å². The van der Waals surface area contributed by atoms with E-state index in [-0.39, 0.29) is 12.1 Å². The highest BCUT2D eigenvalue weighted by atomic mass is 32.2. The summed E-state index contributed by atoms with van der Waals surface area (Å²) in [6, 6.07) is 1.51. The molecule has 0 spiro atoms. The van der Waals surface area contributed by atoms with Crippen LogP contribution in [0.15, 0.2) is 11.0 Å². The minimum absolute atomic E-state index is 0.111. The largest absolute Gasteiger partial charge is 0.378 e. The van der Waals surface area contributed by atoms with E-state index < -0.39 is 10.0 Å². The molecule has 0 bridgehead atoms. The van der Waals surface area contributed by atoms with Crippen LogP contribution in [0.3, 0.4) is 0 Å². The Balaban J connectivity index is 2.19. The first-order chi connectivity index (χ1) is 8.44. The van der Waals surface area contributed by atoms with Crippen molar-refractivity contribution in [2.45, 2.75) is 30.9 Å². The van der Waals surface area contributed by atoms with Gasteiger partial charge in [0.2, 0.25) is 10.0 Å². The van der Waals surface area contributed by atoms with Gasteiger partial charge in [0.25, 0.3) is 0 Å². The van der Waals surface area contributed by atoms with Gasteiger partial charge >= 0.3 is 0 Å². The van der Waals surface area contributed by atoms with E-state index in [0.29, 0.717) is 18.0 Å². The normalized spacial score (nSPS) is 24.6. The number of hydrogen-bond acceptors (Lipinski definition) is 5. The lowest BCUT2D eigenvalue weighted by molar-refractivity contribution is 0.103. The lowest BCUT2D eigenvalue weighted by Gasteiger charge is -2.18. The zero-order valence-electron chi connectivity index (χ0n) is 10.7. The van der Waals surface area contributed by atoms with Crippen LogP contribution in [0, 0.1) is 13.8 Å². The molecular weight excluding hydrogens is 272 g/mol. The molecular formula is C11H18N2O3S2. The predicted molar refractivity (Wildman–Crippen MR) is 71.6 cm³/mol. The van der Waals surface area contributed by atoms with Gasteiger partial charge in [-0.25, -0.2) is 13.1 Å². The van der Waals surface area contributed by atoms with Crippen molar-refractivity contribution < 1.29 is 13.2 Å². The van der Waals surface area contributed by atoms with E-state index in [0.717, 1.165) is 9.75 Å². The molecule has 2 atom stereocenters. The molecule has 102 valence electrons. The molecule has 1 aliphatic rings. The molecule has 0 saturated carbocycles. The van der Waals surface area contributed by atoms with E-state index in [1.807, 2.05) is 13.8 Å². The van der Waals surface area contributed by atoms with Crippen LogP contribution < -0.4 is 10.0 Å². The van der Waals surface area contributed by atoms with Crippen LogP contribution in [-0.4, -0.2) is 40.8 Å². The van der Waals surface area contributed by atoms with Crippen LogP contribution >= 0.6 is 11.3 Å². The van der Waals surface area contributed by atoms with Crippen molar-refractivity contribution in [2.75, 3.05) is 20.2 Å². The van der Waals surface area contributed by atoms with Crippen molar-refractivity contribution in [1.29, 1.82) is 0 Å². The summed E-state index contributed by atoms with van der Waals surface area (Å²) < 4.78 is 32.6. The van der Waals surface area contributed by atoms with Gasteiger partial charge in [-0.15, -0.1) is 11.3 Å². The molecule has 7 heteroatoms. The molecule has 18 heavy (non-hydrogen) atoms. The monoisotopic (exact) mass is 290 g/mol. The van der Waals surface area contributed by atoms with Gasteiger partial charge in [-0.1, -0.05) is 0 Å². The first-order valence-corrected chi connectivity index (χ1v) is 8.07. The summed E-state index contributed by atoms with van der Waals surface area (Å²) in [5.41, 5.74) is 0. The van der Waals surface area contributed by atoms with Gasteiger partial charge in [0.15, 0.2) is 0 Å². The molecule has 5 nitrogen and oxygen atoms in total. The fraction of sp³-hybridized carbons (Fsp3) is 0.636. The van der Waals surface area contributed by atoms with Gasteiger partial charge in [-0.05, 0) is 19.9 Å². The van der Waals surface area contributed by atoms with Crippen molar-refractivity contribution in [3.63, 3.8) is 0 Å². The minimum atomic E-state index is -3.46. The summed E-state index contributed by atoms with van der Waals surface area (Å²) in [7, 11) is -1.86. The fourth-order valence-corrected chi connectivity index (χ4v) is 4.98. The summed E-state index contributed by atoms with van der Waals surface area (Å²) in [4.78, 5) is 2.20. The van der Waals surface area contributed by atoms with Crippen molar-refractivity contribution >= 4 is 21.4 Å². The molecule has 1 saturated heterocycles. The second kappa shape index (κ2) is 5.26. The molecule has 1 aromatic heterocycles. The Morgan fingerprint density at radius 3 is 2.72 bits per heavy atom. The highest BCUT2D eigenvalue weighted by Crippen LogP contribution is 2.25. The van der Waals surface area contributed by atoms with Crippen LogP contribution in [0.1, 0.15) is 9.75 Å². The van der Waals surface area contributed by atoms with Gasteiger partial charge in [-0.3, -0.25) is 0 Å². The first kappa shape index (κ1) is 14.0. The Labute approximate surface area is 112 Å². The van der Waals surface area contributed by atoms with Crippen LogP contribution in [0.2, 0.25) is 0 Å². The lowest BCUT2D eigenvalue weighted by atomic mass is 10.2. The predicted octanol–water partition coefficient (Wildman–Crippen LogP) is 0.630. The third-order valence-corrected chi connectivity index (χ3v) is 5.76. The van der Waals surface area contributed by atoms with Crippen LogP contribution in [0.5, 0.6) is 0 Å². The van der Waals surface area contributed by atoms with Gasteiger partial charge in [0.05, 0.1) is 17.0 Å². The molecule has 1 aliphatic heterocycles. The maximum atomic E-state index is 12.3. The Kier molecular flexibility index (Phi) is 4.08. The number of aryl methyl sites for hydroxylation is 2. The van der Waals surface area contributed by atoms with E-state index in [4.69, 9.17) is 4.74 Å². The smallest absolute Gasteiger partial charge is 0.242 e. The average Bonchev–Trinajstić information content (AvgIpc) is 2.84. The van der Waals surface area contributed by atoms with Gasteiger partial charge in [-0.2, -0.15) is 0 Å². The fourth-order valence-electron chi connectivity index (χ4n) is 2.16. The van der Waals surface area contributed by atoms with Gasteiger partial charge < -0.3 is 10.1 Å². The molecule has 0 aliphatic carbocycles. The van der Waals surface area contributed by atoms with Crippen molar-refractivity contribution in [2.24, 2.45) is 0 Å². The molecule has 1 fully saturated rings. The average molecular weight is 290 g/mol. The first-order valence-electron chi connectivity index (χ1n) is 5.77. The van der Waals surface area contributed by atoms with Gasteiger partial charge in [0, 0.05) is 30.0 Å². The number of hydrogen-bond donors (Lipinski definition) is 2. The zero-order valence-corrected chi connectivity index (χ0v) is 12.3. The Hall–Kier alpha value is -0.470. The van der Waals surface area contributed by atoms with E-state index in [9.17, 15) is 8.42 Å². The molecule has 0 aromatic carbocycles. The maximum Gasteiger partial charge on any atom is 0.242 e. The quantitative estimate of drug-likeness (QED) is 0.853. The zero-order chi connectivity index (χ0) is 13.3. The SMILES string of the molecule is CO[C@H]1CNCC1NS(=O)(=O)c1cc(C)sc1C. The Morgan fingerprint density at radius 2 is 2.17 bits per heavy atom. The number of sulfonamides is 1. The molecule has 2 N–H and O–H groups in total. The molecule has 0 radical (unpaired) electrons. The van der Waals surface area contributed by atoms with E-state index >= 15 is 0 Å². The third kappa shape index (κ3) is 2.75. The molecule has 2 heterocycles. The molecule has 1 aromatic rings. The third-order valence-electron chi connectivity index (χ3n) is 3.05. The maximum absolute atomic E-state index is 12.3. The Bertz CT molecular complexity index is 524. The number of nitrogens with one attached hydrogen (secondary N) is 2. The molecule has 1 unspecified atom stereocenters. The summed E-state index contributed by atoms with van der Waals surface area (Å²) >= 11 is 1.49. The molecule has 0 amide bonds. The van der Waals surface area contributed by atoms with Crippen LogP contribution in [-0.2, 0) is 14.8 Å². The summed E-state index contributed by atoms with van der Waals surface area (Å²) in [5.74, 6) is 0. The highest BCUT2D eigenvalue weighted by molar-refractivity contribution is 7.89. The van der Waals surface area contributed by atoms with Crippen molar-refractivity contribution in [1.82, 2.24) is 10.0 Å². The number of methoxy groups -OCH3 is 1. The highest BCUT2D eigenvalue weighted by Gasteiger charge is 2.32.